The average Bonchev–Trinajstić information content (AvgIpc) is 2.66. The Hall–Kier alpha value is -2.33. The van der Waals surface area contributed by atoms with Crippen LogP contribution in [0.5, 0.6) is 0 Å². The number of hydrogen-bond donors (Lipinski definition) is 1. The molecule has 0 bridgehead atoms. The summed E-state index contributed by atoms with van der Waals surface area (Å²) in [5, 5.41) is 9.00. The van der Waals surface area contributed by atoms with E-state index in [0.29, 0.717) is 12.5 Å². The molecule has 0 radical (unpaired) electrons. The second kappa shape index (κ2) is 7.49. The number of carboxylic acid groups (broad SMARTS) is 1. The number of carboxylic acids is 1. The fourth-order valence-electron chi connectivity index (χ4n) is 4.99. The summed E-state index contributed by atoms with van der Waals surface area (Å²) in [6.45, 7) is 6.50. The van der Waals surface area contributed by atoms with Crippen molar-refractivity contribution in [2.45, 2.75) is 51.0 Å². The lowest BCUT2D eigenvalue weighted by molar-refractivity contribution is -0.137. The molecule has 3 aliphatic rings. The number of benzene rings is 1. The molecule has 1 atom stereocenters. The minimum atomic E-state index is -0.709. The minimum Gasteiger partial charge on any atom is -0.481 e. The van der Waals surface area contributed by atoms with Gasteiger partial charge in [-0.2, -0.15) is 0 Å². The monoisotopic (exact) mass is 392 g/mol. The number of likely N-dealkylation sites (N-methyl/N-ethyl adjacent to an activating group) is 1. The second-order valence-corrected chi connectivity index (χ2v) is 9.27. The Bertz CT molecular complexity index is 921. The van der Waals surface area contributed by atoms with E-state index in [2.05, 4.69) is 74.2 Å². The van der Waals surface area contributed by atoms with Crippen molar-refractivity contribution in [1.29, 1.82) is 0 Å². The molecule has 4 heteroatoms. The zero-order chi connectivity index (χ0) is 20.8. The molecule has 4 rings (SSSR count). The summed E-state index contributed by atoms with van der Waals surface area (Å²) < 4.78 is 0. The molecule has 0 saturated heterocycles. The van der Waals surface area contributed by atoms with Crippen LogP contribution in [-0.4, -0.2) is 49.2 Å². The van der Waals surface area contributed by atoms with Crippen LogP contribution in [0.2, 0.25) is 0 Å². The summed E-state index contributed by atoms with van der Waals surface area (Å²) in [6.07, 6.45) is 12.5. The second-order valence-electron chi connectivity index (χ2n) is 9.27. The standard InChI is InChI=1S/C25H32N2O2/c1-25(2)21-15-20(26(3)4)10-9-17(21)13-19-14-18-7-5-11-27(12-6-8-24(28)29)23(18)16-22(19)25/h9-10,13-16,20H,5-8,11-12H2,1-4H3,(H,28,29). The molecular formula is C25H32N2O2. The van der Waals surface area contributed by atoms with Crippen LogP contribution >= 0.6 is 0 Å². The predicted octanol–water partition coefficient (Wildman–Crippen LogP) is 4.41. The number of rotatable bonds is 5. The van der Waals surface area contributed by atoms with Crippen LogP contribution in [0.4, 0.5) is 5.69 Å². The highest BCUT2D eigenvalue weighted by Gasteiger charge is 2.36. The largest absolute Gasteiger partial charge is 0.481 e. The number of hydrogen-bond acceptors (Lipinski definition) is 3. The van der Waals surface area contributed by atoms with Crippen LogP contribution in [0, 0.1) is 0 Å². The molecule has 0 aromatic heterocycles. The van der Waals surface area contributed by atoms with Crippen LogP contribution in [0.3, 0.4) is 0 Å². The van der Waals surface area contributed by atoms with Gasteiger partial charge in [0, 0.05) is 36.7 Å². The molecule has 2 aliphatic carbocycles. The van der Waals surface area contributed by atoms with Gasteiger partial charge in [-0.3, -0.25) is 9.69 Å². The molecule has 4 nitrogen and oxygen atoms in total. The lowest BCUT2D eigenvalue weighted by atomic mass is 9.67. The van der Waals surface area contributed by atoms with E-state index in [1.807, 2.05) is 0 Å². The van der Waals surface area contributed by atoms with Crippen LogP contribution in [0.15, 0.2) is 41.5 Å². The Balaban J connectivity index is 1.73. The van der Waals surface area contributed by atoms with Crippen molar-refractivity contribution in [3.63, 3.8) is 0 Å². The Labute approximate surface area is 174 Å². The van der Waals surface area contributed by atoms with Crippen molar-refractivity contribution in [2.75, 3.05) is 32.1 Å². The highest BCUT2D eigenvalue weighted by atomic mass is 16.4. The lowest BCUT2D eigenvalue weighted by Crippen LogP contribution is -2.34. The minimum absolute atomic E-state index is 0.0579. The zero-order valence-corrected chi connectivity index (χ0v) is 18.0. The molecule has 29 heavy (non-hydrogen) atoms. The van der Waals surface area contributed by atoms with Gasteiger partial charge in [0.25, 0.3) is 0 Å². The molecule has 1 heterocycles. The van der Waals surface area contributed by atoms with Gasteiger partial charge < -0.3 is 10.0 Å². The van der Waals surface area contributed by atoms with Crippen molar-refractivity contribution in [3.8, 4) is 0 Å². The van der Waals surface area contributed by atoms with E-state index >= 15 is 0 Å². The number of aryl methyl sites for hydroxylation is 1. The number of carbonyl (C=O) groups is 1. The van der Waals surface area contributed by atoms with Crippen molar-refractivity contribution in [1.82, 2.24) is 4.90 Å². The quantitative estimate of drug-likeness (QED) is 0.806. The number of nitrogens with zero attached hydrogens (tertiary/aromatic N) is 2. The summed E-state index contributed by atoms with van der Waals surface area (Å²) >= 11 is 0. The highest BCUT2D eigenvalue weighted by molar-refractivity contribution is 5.78. The third kappa shape index (κ3) is 3.66. The smallest absolute Gasteiger partial charge is 0.303 e. The van der Waals surface area contributed by atoms with E-state index in [1.165, 1.54) is 33.5 Å². The number of anilines is 1. The van der Waals surface area contributed by atoms with Crippen LogP contribution in [-0.2, 0) is 16.6 Å². The van der Waals surface area contributed by atoms with Gasteiger partial charge in [-0.1, -0.05) is 32.1 Å². The van der Waals surface area contributed by atoms with Gasteiger partial charge in [0.15, 0.2) is 0 Å². The van der Waals surface area contributed by atoms with Crippen molar-refractivity contribution in [2.24, 2.45) is 0 Å². The first-order valence-corrected chi connectivity index (χ1v) is 10.7. The predicted molar refractivity (Wildman–Crippen MR) is 120 cm³/mol. The van der Waals surface area contributed by atoms with Crippen LogP contribution in [0.1, 0.15) is 49.8 Å². The first-order chi connectivity index (χ1) is 13.8. The highest BCUT2D eigenvalue weighted by Crippen LogP contribution is 2.47. The van der Waals surface area contributed by atoms with Crippen molar-refractivity contribution >= 4 is 17.7 Å². The fourth-order valence-corrected chi connectivity index (χ4v) is 4.99. The van der Waals surface area contributed by atoms with Crippen LogP contribution in [0.25, 0.3) is 6.08 Å². The molecule has 0 fully saturated rings. The van der Waals surface area contributed by atoms with Crippen LogP contribution < -0.4 is 4.90 Å². The molecule has 154 valence electrons. The van der Waals surface area contributed by atoms with Crippen molar-refractivity contribution in [3.05, 3.63) is 58.2 Å². The number of aliphatic carboxylic acids is 1. The summed E-state index contributed by atoms with van der Waals surface area (Å²) in [6, 6.07) is 5.10. The van der Waals surface area contributed by atoms with Gasteiger partial charge in [-0.15, -0.1) is 0 Å². The maximum atomic E-state index is 10.9. The topological polar surface area (TPSA) is 43.8 Å². The Morgan fingerprint density at radius 2 is 2.10 bits per heavy atom. The van der Waals surface area contributed by atoms with E-state index in [4.69, 9.17) is 5.11 Å². The third-order valence-corrected chi connectivity index (χ3v) is 6.66. The molecule has 1 aromatic carbocycles. The average molecular weight is 393 g/mol. The maximum absolute atomic E-state index is 10.9. The molecule has 0 amide bonds. The molecule has 1 aliphatic heterocycles. The number of fused-ring (bicyclic) bond motifs is 3. The molecular weight excluding hydrogens is 360 g/mol. The Morgan fingerprint density at radius 3 is 2.83 bits per heavy atom. The summed E-state index contributed by atoms with van der Waals surface area (Å²) in [4.78, 5) is 15.6. The van der Waals surface area contributed by atoms with Crippen molar-refractivity contribution < 1.29 is 9.90 Å². The Kier molecular flexibility index (Phi) is 5.16. The van der Waals surface area contributed by atoms with E-state index in [0.717, 1.165) is 25.9 Å². The van der Waals surface area contributed by atoms with Gasteiger partial charge >= 0.3 is 5.97 Å². The molecule has 0 spiro atoms. The lowest BCUT2D eigenvalue weighted by Gasteiger charge is -2.40. The normalized spacial score (nSPS) is 21.8. The third-order valence-electron chi connectivity index (χ3n) is 6.66. The molecule has 0 saturated carbocycles. The molecule has 1 N–H and O–H groups in total. The first kappa shape index (κ1) is 20.0. The summed E-state index contributed by atoms with van der Waals surface area (Å²) in [5.74, 6) is -0.709. The SMILES string of the molecule is CN(C)C1C=CC2=Cc3cc4c(cc3C(C)(C)C2=C1)N(CCCC(=O)O)CCC4. The first-order valence-electron chi connectivity index (χ1n) is 10.7. The van der Waals surface area contributed by atoms with Gasteiger partial charge in [-0.05, 0) is 79.4 Å². The molecule has 1 unspecified atom stereocenters. The van der Waals surface area contributed by atoms with Gasteiger partial charge in [0.1, 0.15) is 0 Å². The van der Waals surface area contributed by atoms with Gasteiger partial charge in [0.05, 0.1) is 0 Å². The van der Waals surface area contributed by atoms with E-state index in [-0.39, 0.29) is 11.8 Å². The van der Waals surface area contributed by atoms with Gasteiger partial charge in [-0.25, -0.2) is 0 Å². The maximum Gasteiger partial charge on any atom is 0.303 e. The van der Waals surface area contributed by atoms with Gasteiger partial charge in [0.2, 0.25) is 0 Å². The molecule has 1 aromatic rings. The van der Waals surface area contributed by atoms with E-state index in [1.54, 1.807) is 0 Å². The van der Waals surface area contributed by atoms with E-state index < -0.39 is 5.97 Å². The number of allylic oxidation sites excluding steroid dienone is 3. The summed E-state index contributed by atoms with van der Waals surface area (Å²) in [5.41, 5.74) is 8.09. The summed E-state index contributed by atoms with van der Waals surface area (Å²) in [7, 11) is 4.24. The van der Waals surface area contributed by atoms with E-state index in [9.17, 15) is 4.79 Å². The fraction of sp³-hybridized carbons (Fsp3) is 0.480. The Morgan fingerprint density at radius 1 is 1.31 bits per heavy atom. The zero-order valence-electron chi connectivity index (χ0n) is 18.0.